The summed E-state index contributed by atoms with van der Waals surface area (Å²) in [7, 11) is 1.78. The van der Waals surface area contributed by atoms with Crippen LogP contribution >= 0.6 is 0 Å². The average molecular weight is 712 g/mol. The van der Waals surface area contributed by atoms with E-state index in [2.05, 4.69) is 45.0 Å². The van der Waals surface area contributed by atoms with E-state index in [-0.39, 0.29) is 29.4 Å². The number of likely N-dealkylation sites (tertiary alicyclic amines) is 1. The number of ether oxygens (including phenoxy) is 4. The molecule has 52 heavy (non-hydrogen) atoms. The van der Waals surface area contributed by atoms with Crippen molar-refractivity contribution < 1.29 is 23.7 Å². The molecule has 0 bridgehead atoms. The van der Waals surface area contributed by atoms with Gasteiger partial charge in [0.2, 0.25) is 5.91 Å². The molecule has 1 atom stereocenters. The minimum atomic E-state index is -0.325. The molecule has 3 saturated heterocycles. The molecule has 1 amide bonds. The van der Waals surface area contributed by atoms with Gasteiger partial charge in [-0.3, -0.25) is 14.6 Å². The van der Waals surface area contributed by atoms with Crippen LogP contribution in [0.25, 0.3) is 0 Å². The fraction of sp³-hybridized carbons (Fsp3) is 0.650. The Morgan fingerprint density at radius 1 is 1.02 bits per heavy atom. The molecule has 2 aromatic rings. The Morgan fingerprint density at radius 2 is 1.79 bits per heavy atom. The summed E-state index contributed by atoms with van der Waals surface area (Å²) in [5.74, 6) is 0.773. The summed E-state index contributed by atoms with van der Waals surface area (Å²) in [4.78, 5) is 32.6. The minimum absolute atomic E-state index is 0.0403. The van der Waals surface area contributed by atoms with E-state index in [1.807, 2.05) is 11.0 Å². The average Bonchev–Trinajstić information content (AvgIpc) is 3.84. The third kappa shape index (κ3) is 7.85. The lowest BCUT2D eigenvalue weighted by molar-refractivity contribution is -0.128. The third-order valence-electron chi connectivity index (χ3n) is 12.2. The van der Waals surface area contributed by atoms with Crippen molar-refractivity contribution in [2.45, 2.75) is 75.7 Å². The van der Waals surface area contributed by atoms with Gasteiger partial charge in [-0.2, -0.15) is 15.2 Å². The number of piperazine rings is 1. The van der Waals surface area contributed by atoms with Crippen LogP contribution in [0.2, 0.25) is 0 Å². The maximum Gasteiger partial charge on any atom is 0.318 e. The van der Waals surface area contributed by atoms with Crippen LogP contribution in [0.3, 0.4) is 0 Å². The number of hydrogen-bond donors (Lipinski definition) is 0. The molecule has 0 N–H and O–H groups in total. The topological polar surface area (TPSA) is 117 Å². The summed E-state index contributed by atoms with van der Waals surface area (Å²) in [5.41, 5.74) is 4.49. The number of fused-ring (bicyclic) bond motifs is 2. The predicted octanol–water partition coefficient (Wildman–Crippen LogP) is 3.18. The highest BCUT2D eigenvalue weighted by molar-refractivity contribution is 5.88. The van der Waals surface area contributed by atoms with Gasteiger partial charge in [0.05, 0.1) is 62.4 Å². The Kier molecular flexibility index (Phi) is 10.5. The number of morpholine rings is 1. The van der Waals surface area contributed by atoms with Crippen LogP contribution in [-0.2, 0) is 44.9 Å². The first-order chi connectivity index (χ1) is 25.4. The summed E-state index contributed by atoms with van der Waals surface area (Å²) in [6, 6.07) is 11.1. The molecule has 1 spiro atoms. The lowest BCUT2D eigenvalue weighted by atomic mass is 9.89. The fourth-order valence-electron chi connectivity index (χ4n) is 8.90. The van der Waals surface area contributed by atoms with E-state index in [1.54, 1.807) is 13.2 Å². The Balaban J connectivity index is 0.990. The van der Waals surface area contributed by atoms with Crippen molar-refractivity contribution in [3.05, 3.63) is 58.8 Å². The molecular weight excluding hydrogens is 658 g/mol. The molecule has 12 nitrogen and oxygen atoms in total. The second-order valence-corrected chi connectivity index (χ2v) is 15.8. The number of methoxy groups -OCH3 is 1. The highest BCUT2D eigenvalue weighted by Gasteiger charge is 2.46. The zero-order chi connectivity index (χ0) is 35.5. The maximum absolute atomic E-state index is 13.5. The van der Waals surface area contributed by atoms with Crippen molar-refractivity contribution in [3.63, 3.8) is 0 Å². The summed E-state index contributed by atoms with van der Waals surface area (Å²) in [6.07, 6.45) is 11.0. The van der Waals surface area contributed by atoms with Crippen molar-refractivity contribution in [3.8, 4) is 12.1 Å². The van der Waals surface area contributed by atoms with E-state index in [4.69, 9.17) is 28.9 Å². The van der Waals surface area contributed by atoms with Gasteiger partial charge in [0.1, 0.15) is 5.82 Å². The highest BCUT2D eigenvalue weighted by atomic mass is 16.5. The first-order valence-corrected chi connectivity index (χ1v) is 19.3. The fourth-order valence-corrected chi connectivity index (χ4v) is 8.90. The molecule has 12 heteroatoms. The van der Waals surface area contributed by atoms with Crippen molar-refractivity contribution in [2.24, 2.45) is 5.41 Å². The van der Waals surface area contributed by atoms with Gasteiger partial charge in [0.15, 0.2) is 0 Å². The van der Waals surface area contributed by atoms with E-state index in [0.717, 1.165) is 108 Å². The molecule has 8 rings (SSSR count). The van der Waals surface area contributed by atoms with Crippen LogP contribution in [0.15, 0.2) is 36.4 Å². The molecule has 1 aromatic carbocycles. The number of anilines is 1. The molecular formula is C40H53N7O5. The molecule has 5 heterocycles. The summed E-state index contributed by atoms with van der Waals surface area (Å²) < 4.78 is 24.4. The number of nitrogens with zero attached hydrogens (tertiary/aromatic N) is 7. The van der Waals surface area contributed by atoms with Crippen molar-refractivity contribution >= 4 is 11.7 Å². The SMILES string of the molecule is COC1CCN(C/C=C/C(=O)N2CCN(c3nc(OCC4(CN5CCOCC5)CC4)nc4c3COC3(Cc5ccccc5C3)C4)C[C@@H]2CC#N)CC1. The van der Waals surface area contributed by atoms with Crippen molar-refractivity contribution in [1.82, 2.24) is 24.7 Å². The molecule has 0 radical (unpaired) electrons. The molecule has 278 valence electrons. The lowest BCUT2D eigenvalue weighted by Crippen LogP contribution is -2.55. The van der Waals surface area contributed by atoms with Gasteiger partial charge in [0, 0.05) is 102 Å². The van der Waals surface area contributed by atoms with E-state index in [1.165, 1.54) is 11.1 Å². The quantitative estimate of drug-likeness (QED) is 0.320. The summed E-state index contributed by atoms with van der Waals surface area (Å²) in [5, 5.41) is 9.84. The first-order valence-electron chi connectivity index (χ1n) is 19.3. The van der Waals surface area contributed by atoms with Gasteiger partial charge >= 0.3 is 6.01 Å². The molecule has 1 aromatic heterocycles. The molecule has 4 aliphatic heterocycles. The van der Waals surface area contributed by atoms with E-state index >= 15 is 0 Å². The van der Waals surface area contributed by atoms with Crippen LogP contribution in [0.1, 0.15) is 54.5 Å². The van der Waals surface area contributed by atoms with E-state index in [9.17, 15) is 10.1 Å². The number of rotatable bonds is 11. The van der Waals surface area contributed by atoms with Gasteiger partial charge in [-0.05, 0) is 36.8 Å². The number of aromatic nitrogens is 2. The predicted molar refractivity (Wildman–Crippen MR) is 195 cm³/mol. The number of piperidine rings is 1. The number of amides is 1. The Bertz CT molecular complexity index is 1630. The van der Waals surface area contributed by atoms with Crippen LogP contribution in [-0.4, -0.2) is 134 Å². The molecule has 4 fully saturated rings. The minimum Gasteiger partial charge on any atom is -0.463 e. The van der Waals surface area contributed by atoms with Gasteiger partial charge in [0.25, 0.3) is 0 Å². The second kappa shape index (κ2) is 15.4. The maximum atomic E-state index is 13.5. The molecule has 1 saturated carbocycles. The Labute approximate surface area is 307 Å². The molecule has 6 aliphatic rings. The van der Waals surface area contributed by atoms with E-state index in [0.29, 0.717) is 51.4 Å². The van der Waals surface area contributed by atoms with Crippen molar-refractivity contribution in [2.75, 3.05) is 90.7 Å². The zero-order valence-corrected chi connectivity index (χ0v) is 30.6. The number of nitriles is 1. The largest absolute Gasteiger partial charge is 0.463 e. The number of carbonyl (C=O) groups is 1. The van der Waals surface area contributed by atoms with Crippen LogP contribution in [0, 0.1) is 16.7 Å². The summed E-state index contributed by atoms with van der Waals surface area (Å²) in [6.45, 7) is 9.83. The van der Waals surface area contributed by atoms with Gasteiger partial charge in [-0.1, -0.05) is 30.3 Å². The van der Waals surface area contributed by atoms with Crippen LogP contribution in [0.5, 0.6) is 6.01 Å². The molecule has 0 unspecified atom stereocenters. The first kappa shape index (κ1) is 35.4. The molecule has 2 aliphatic carbocycles. The van der Waals surface area contributed by atoms with Crippen LogP contribution in [0.4, 0.5) is 5.82 Å². The number of hydrogen-bond acceptors (Lipinski definition) is 11. The zero-order valence-electron chi connectivity index (χ0n) is 30.6. The Morgan fingerprint density at radius 3 is 2.50 bits per heavy atom. The van der Waals surface area contributed by atoms with Crippen LogP contribution < -0.4 is 9.64 Å². The van der Waals surface area contributed by atoms with Gasteiger partial charge in [-0.25, -0.2) is 0 Å². The smallest absolute Gasteiger partial charge is 0.318 e. The lowest BCUT2D eigenvalue weighted by Gasteiger charge is -2.42. The van der Waals surface area contributed by atoms with Gasteiger partial charge < -0.3 is 28.7 Å². The standard InChI is InChI=1S/C40H53N7O5/c1-49-33-9-15-44(16-10-33)14-4-7-36(48)47-18-17-46(26-32(47)8-13-41)37-34-27-52-40(23-30-5-2-3-6-31(30)24-40)25-35(34)42-38(43-37)51-29-39(11-12-39)28-45-19-21-50-22-20-45/h2-7,32-33H,8-12,14-29H2,1H3/b7-4+/t32-/m0/s1. The monoisotopic (exact) mass is 711 g/mol. The summed E-state index contributed by atoms with van der Waals surface area (Å²) >= 11 is 0. The number of carbonyl (C=O) groups excluding carboxylic acids is 1. The van der Waals surface area contributed by atoms with Crippen molar-refractivity contribution in [1.29, 1.82) is 5.26 Å². The normalized spacial score (nSPS) is 24.5. The third-order valence-corrected chi connectivity index (χ3v) is 12.2. The Hall–Kier alpha value is -3.60. The highest BCUT2D eigenvalue weighted by Crippen LogP contribution is 2.47. The number of benzene rings is 1. The second-order valence-electron chi connectivity index (χ2n) is 15.8. The van der Waals surface area contributed by atoms with Gasteiger partial charge in [-0.15, -0.1) is 0 Å². The van der Waals surface area contributed by atoms with E-state index < -0.39 is 0 Å².